The van der Waals surface area contributed by atoms with E-state index < -0.39 is 0 Å². The van der Waals surface area contributed by atoms with E-state index in [0.29, 0.717) is 0 Å². The number of ether oxygens (including phenoxy) is 2. The predicted octanol–water partition coefficient (Wildman–Crippen LogP) is 6.08. The van der Waals surface area contributed by atoms with E-state index in [4.69, 9.17) is 21.1 Å². The average molecular weight is 319 g/mol. The standard InChI is InChI=1S/C18H35ClO2/c1-3-16-20-18(21-17-4-2)14-12-10-8-6-5-7-9-11-13-15-19/h9,11,18H,3-8,10,12-17H2,1-2H3/b11-9+. The van der Waals surface area contributed by atoms with Crippen molar-refractivity contribution in [3.05, 3.63) is 12.2 Å². The highest BCUT2D eigenvalue weighted by atomic mass is 35.5. The molecule has 0 aliphatic heterocycles. The van der Waals surface area contributed by atoms with Crippen molar-refractivity contribution in [2.75, 3.05) is 19.1 Å². The summed E-state index contributed by atoms with van der Waals surface area (Å²) in [7, 11) is 0. The maximum Gasteiger partial charge on any atom is 0.157 e. The van der Waals surface area contributed by atoms with E-state index in [1.165, 1.54) is 38.5 Å². The van der Waals surface area contributed by atoms with E-state index in [2.05, 4.69) is 26.0 Å². The number of rotatable bonds is 16. The fraction of sp³-hybridized carbons (Fsp3) is 0.889. The molecule has 0 atom stereocenters. The first-order chi connectivity index (χ1) is 10.3. The zero-order chi connectivity index (χ0) is 15.6. The minimum Gasteiger partial charge on any atom is -0.353 e. The molecule has 0 fully saturated rings. The molecule has 126 valence electrons. The van der Waals surface area contributed by atoms with Crippen molar-refractivity contribution in [3.63, 3.8) is 0 Å². The van der Waals surface area contributed by atoms with Gasteiger partial charge >= 0.3 is 0 Å². The molecule has 0 amide bonds. The first-order valence-electron chi connectivity index (χ1n) is 8.79. The molecule has 2 nitrogen and oxygen atoms in total. The molecule has 0 N–H and O–H groups in total. The minimum atomic E-state index is 0.0170. The van der Waals surface area contributed by atoms with Gasteiger partial charge in [0.15, 0.2) is 6.29 Å². The molecule has 0 aliphatic carbocycles. The lowest BCUT2D eigenvalue weighted by atomic mass is 10.1. The van der Waals surface area contributed by atoms with Gasteiger partial charge in [-0.15, -0.1) is 11.6 Å². The second kappa shape index (κ2) is 18.0. The largest absolute Gasteiger partial charge is 0.353 e. The summed E-state index contributed by atoms with van der Waals surface area (Å²) in [6.07, 6.45) is 16.2. The SMILES string of the molecule is CCCOC(CCCCCCC/C=C/CCCl)OCCC. The molecule has 0 spiro atoms. The predicted molar refractivity (Wildman–Crippen MR) is 93.1 cm³/mol. The van der Waals surface area contributed by atoms with E-state index in [0.717, 1.165) is 44.8 Å². The Morgan fingerprint density at radius 3 is 2.00 bits per heavy atom. The molecule has 0 saturated heterocycles. The molecule has 0 aromatic heterocycles. The van der Waals surface area contributed by atoms with Crippen LogP contribution in [0.2, 0.25) is 0 Å². The lowest BCUT2D eigenvalue weighted by Gasteiger charge is -2.18. The summed E-state index contributed by atoms with van der Waals surface area (Å²) in [6.45, 7) is 5.89. The van der Waals surface area contributed by atoms with E-state index in [1.54, 1.807) is 0 Å². The number of hydrogen-bond acceptors (Lipinski definition) is 2. The first-order valence-corrected chi connectivity index (χ1v) is 9.32. The number of alkyl halides is 1. The van der Waals surface area contributed by atoms with Gasteiger partial charge in [0.1, 0.15) is 0 Å². The fourth-order valence-electron chi connectivity index (χ4n) is 2.12. The van der Waals surface area contributed by atoms with Crippen LogP contribution in [0.15, 0.2) is 12.2 Å². The Hall–Kier alpha value is -0.0500. The van der Waals surface area contributed by atoms with E-state index in [1.807, 2.05) is 0 Å². The number of hydrogen-bond donors (Lipinski definition) is 0. The number of halogens is 1. The Labute approximate surface area is 137 Å². The zero-order valence-corrected chi connectivity index (χ0v) is 14.9. The summed E-state index contributed by atoms with van der Waals surface area (Å²) >= 11 is 5.62. The van der Waals surface area contributed by atoms with Crippen LogP contribution >= 0.6 is 11.6 Å². The molecule has 3 heteroatoms. The van der Waals surface area contributed by atoms with E-state index in [-0.39, 0.29) is 6.29 Å². The van der Waals surface area contributed by atoms with Gasteiger partial charge < -0.3 is 9.47 Å². The van der Waals surface area contributed by atoms with Gasteiger partial charge in [-0.2, -0.15) is 0 Å². The summed E-state index contributed by atoms with van der Waals surface area (Å²) in [6, 6.07) is 0. The van der Waals surface area contributed by atoms with Gasteiger partial charge in [0.2, 0.25) is 0 Å². The summed E-state index contributed by atoms with van der Waals surface area (Å²) in [5, 5.41) is 0. The highest BCUT2D eigenvalue weighted by Crippen LogP contribution is 2.12. The van der Waals surface area contributed by atoms with Crippen molar-refractivity contribution in [1.29, 1.82) is 0 Å². The molecule has 0 unspecified atom stereocenters. The van der Waals surface area contributed by atoms with Crippen molar-refractivity contribution >= 4 is 11.6 Å². The maximum atomic E-state index is 5.73. The minimum absolute atomic E-state index is 0.0170. The van der Waals surface area contributed by atoms with Crippen molar-refractivity contribution in [2.45, 2.75) is 84.3 Å². The van der Waals surface area contributed by atoms with Crippen LogP contribution in [-0.4, -0.2) is 25.4 Å². The van der Waals surface area contributed by atoms with Gasteiger partial charge in [0, 0.05) is 19.1 Å². The Morgan fingerprint density at radius 2 is 1.38 bits per heavy atom. The Kier molecular flexibility index (Phi) is 18.0. The molecule has 0 bridgehead atoms. The average Bonchev–Trinajstić information content (AvgIpc) is 2.51. The van der Waals surface area contributed by atoms with Gasteiger partial charge in [0.25, 0.3) is 0 Å². The highest BCUT2D eigenvalue weighted by Gasteiger charge is 2.07. The topological polar surface area (TPSA) is 18.5 Å². The monoisotopic (exact) mass is 318 g/mol. The van der Waals surface area contributed by atoms with Crippen LogP contribution < -0.4 is 0 Å². The van der Waals surface area contributed by atoms with Gasteiger partial charge in [-0.3, -0.25) is 0 Å². The molecule has 21 heavy (non-hydrogen) atoms. The zero-order valence-electron chi connectivity index (χ0n) is 14.1. The van der Waals surface area contributed by atoms with Gasteiger partial charge in [-0.05, 0) is 44.9 Å². The van der Waals surface area contributed by atoms with E-state index in [9.17, 15) is 0 Å². The van der Waals surface area contributed by atoms with Crippen LogP contribution in [0, 0.1) is 0 Å². The molecule has 0 saturated carbocycles. The maximum absolute atomic E-state index is 5.73. The number of allylic oxidation sites excluding steroid dienone is 2. The molecule has 0 rings (SSSR count). The molecule has 0 aromatic carbocycles. The lowest BCUT2D eigenvalue weighted by Crippen LogP contribution is -2.18. The third kappa shape index (κ3) is 16.2. The summed E-state index contributed by atoms with van der Waals surface area (Å²) in [4.78, 5) is 0. The third-order valence-corrected chi connectivity index (χ3v) is 3.49. The third-order valence-electron chi connectivity index (χ3n) is 3.27. The molecule has 0 radical (unpaired) electrons. The van der Waals surface area contributed by atoms with Crippen LogP contribution in [-0.2, 0) is 9.47 Å². The smallest absolute Gasteiger partial charge is 0.157 e. The van der Waals surface area contributed by atoms with Crippen LogP contribution in [0.4, 0.5) is 0 Å². The Balaban J connectivity index is 3.43. The summed E-state index contributed by atoms with van der Waals surface area (Å²) < 4.78 is 11.5. The molecular weight excluding hydrogens is 284 g/mol. The fourth-order valence-corrected chi connectivity index (χ4v) is 2.24. The van der Waals surface area contributed by atoms with Crippen LogP contribution in [0.5, 0.6) is 0 Å². The highest BCUT2D eigenvalue weighted by molar-refractivity contribution is 6.17. The molecular formula is C18H35ClO2. The normalized spacial score (nSPS) is 11.8. The Morgan fingerprint density at radius 1 is 0.810 bits per heavy atom. The quantitative estimate of drug-likeness (QED) is 0.148. The van der Waals surface area contributed by atoms with E-state index >= 15 is 0 Å². The Bertz CT molecular complexity index is 211. The van der Waals surface area contributed by atoms with Crippen molar-refractivity contribution in [2.24, 2.45) is 0 Å². The van der Waals surface area contributed by atoms with Gasteiger partial charge in [0.05, 0.1) is 0 Å². The van der Waals surface area contributed by atoms with Crippen molar-refractivity contribution in [1.82, 2.24) is 0 Å². The van der Waals surface area contributed by atoms with Crippen molar-refractivity contribution in [3.8, 4) is 0 Å². The summed E-state index contributed by atoms with van der Waals surface area (Å²) in [5.74, 6) is 0.734. The molecule has 0 heterocycles. The second-order valence-corrected chi connectivity index (χ2v) is 5.84. The van der Waals surface area contributed by atoms with Crippen molar-refractivity contribution < 1.29 is 9.47 Å². The number of unbranched alkanes of at least 4 members (excludes halogenated alkanes) is 5. The first kappa shape index (κ1) is 20.9. The lowest BCUT2D eigenvalue weighted by molar-refractivity contribution is -0.146. The van der Waals surface area contributed by atoms with Gasteiger partial charge in [-0.25, -0.2) is 0 Å². The van der Waals surface area contributed by atoms with Crippen LogP contribution in [0.1, 0.15) is 78.1 Å². The van der Waals surface area contributed by atoms with Crippen LogP contribution in [0.3, 0.4) is 0 Å². The van der Waals surface area contributed by atoms with Crippen LogP contribution in [0.25, 0.3) is 0 Å². The second-order valence-electron chi connectivity index (χ2n) is 5.47. The van der Waals surface area contributed by atoms with Gasteiger partial charge in [-0.1, -0.05) is 45.3 Å². The summed E-state index contributed by atoms with van der Waals surface area (Å²) in [5.41, 5.74) is 0. The molecule has 0 aliphatic rings. The molecule has 0 aromatic rings.